The lowest BCUT2D eigenvalue weighted by molar-refractivity contribution is 0.108. The molecule has 1 aliphatic heterocycles. The van der Waals surface area contributed by atoms with Crippen LogP contribution in [0.5, 0.6) is 0 Å². The molecule has 0 aromatic heterocycles. The van der Waals surface area contributed by atoms with Crippen molar-refractivity contribution in [2.45, 2.75) is 6.54 Å². The topological polar surface area (TPSA) is 15.6 Å². The Bertz CT molecular complexity index is 1090. The molecular formula is C22H18F4N3+. The average Bonchev–Trinajstić information content (AvgIpc) is 3.00. The number of nitrogens with zero attached hydrogens (tertiary/aromatic N) is 3. The molecular weight excluding hydrogens is 382 g/mol. The molecule has 3 nitrogen and oxygen atoms in total. The highest BCUT2D eigenvalue weighted by Crippen LogP contribution is 2.45. The van der Waals surface area contributed by atoms with Crippen molar-refractivity contribution in [2.75, 3.05) is 14.1 Å². The fraction of sp³-hybridized carbons (Fsp3) is 0.136. The van der Waals surface area contributed by atoms with Crippen LogP contribution in [0.3, 0.4) is 0 Å². The van der Waals surface area contributed by atoms with Gasteiger partial charge >= 0.3 is 0 Å². The van der Waals surface area contributed by atoms with E-state index in [1.54, 1.807) is 43.4 Å². The highest BCUT2D eigenvalue weighted by atomic mass is 19.1. The van der Waals surface area contributed by atoms with Crippen LogP contribution in [0.15, 0.2) is 65.7 Å². The Kier molecular flexibility index (Phi) is 4.72. The molecule has 29 heavy (non-hydrogen) atoms. The van der Waals surface area contributed by atoms with Crippen LogP contribution in [-0.4, -0.2) is 24.9 Å². The third kappa shape index (κ3) is 2.94. The second-order valence-electron chi connectivity index (χ2n) is 7.00. The number of fused-ring (bicyclic) bond motifs is 1. The van der Waals surface area contributed by atoms with Crippen LogP contribution in [-0.2, 0) is 6.54 Å². The predicted octanol–water partition coefficient (Wildman–Crippen LogP) is 5.32. The largest absolute Gasteiger partial charge is 0.267 e. The Hall–Kier alpha value is -3.03. The molecule has 1 unspecified atom stereocenters. The van der Waals surface area contributed by atoms with E-state index in [-0.39, 0.29) is 28.1 Å². The van der Waals surface area contributed by atoms with Crippen molar-refractivity contribution in [1.82, 2.24) is 9.60 Å². The molecule has 1 aliphatic rings. The number of aliphatic imine (C=N–C) groups is 1. The van der Waals surface area contributed by atoms with Gasteiger partial charge in [-0.2, -0.15) is 9.58 Å². The van der Waals surface area contributed by atoms with E-state index in [0.717, 1.165) is 24.3 Å². The minimum atomic E-state index is -0.796. The van der Waals surface area contributed by atoms with E-state index < -0.39 is 23.3 Å². The number of quaternary nitrogens is 1. The Labute approximate surface area is 165 Å². The normalized spacial score (nSPS) is 18.1. The Morgan fingerprint density at radius 2 is 1.31 bits per heavy atom. The van der Waals surface area contributed by atoms with Gasteiger partial charge in [0, 0.05) is 20.2 Å². The molecule has 0 saturated heterocycles. The van der Waals surface area contributed by atoms with Gasteiger partial charge < -0.3 is 0 Å². The van der Waals surface area contributed by atoms with Gasteiger partial charge in [-0.15, -0.1) is 5.01 Å². The molecule has 0 radical (unpaired) electrons. The number of hydrogen-bond donors (Lipinski definition) is 0. The highest BCUT2D eigenvalue weighted by Gasteiger charge is 2.50. The number of amidine groups is 1. The van der Waals surface area contributed by atoms with Crippen molar-refractivity contribution < 1.29 is 17.6 Å². The van der Waals surface area contributed by atoms with E-state index in [0.29, 0.717) is 11.4 Å². The first kappa shape index (κ1) is 19.3. The van der Waals surface area contributed by atoms with Crippen LogP contribution in [0.1, 0.15) is 11.1 Å². The van der Waals surface area contributed by atoms with E-state index in [9.17, 15) is 17.6 Å². The third-order valence-electron chi connectivity index (χ3n) is 5.17. The maximum Gasteiger partial charge on any atom is 0.267 e. The van der Waals surface area contributed by atoms with Gasteiger partial charge in [-0.05, 0) is 30.3 Å². The smallest absolute Gasteiger partial charge is 0.206 e. The predicted molar refractivity (Wildman–Crippen MR) is 105 cm³/mol. The van der Waals surface area contributed by atoms with E-state index in [1.165, 1.54) is 12.1 Å². The minimum absolute atomic E-state index is 0.0226. The van der Waals surface area contributed by atoms with Crippen LogP contribution >= 0.6 is 0 Å². The lowest BCUT2D eigenvalue weighted by Crippen LogP contribution is -2.61. The Morgan fingerprint density at radius 1 is 0.759 bits per heavy atom. The van der Waals surface area contributed by atoms with E-state index >= 15 is 0 Å². The zero-order chi connectivity index (χ0) is 20.8. The van der Waals surface area contributed by atoms with Gasteiger partial charge in [-0.1, -0.05) is 24.3 Å². The Balaban J connectivity index is 2.02. The summed E-state index contributed by atoms with van der Waals surface area (Å²) in [5, 5.41) is 1.64. The average molecular weight is 400 g/mol. The first-order chi connectivity index (χ1) is 13.9. The second-order valence-corrected chi connectivity index (χ2v) is 7.00. The van der Waals surface area contributed by atoms with Gasteiger partial charge in [0.1, 0.15) is 41.1 Å². The SMILES string of the molecule is CN(C)[N+]1(Cc2c(F)cccc2F)C(c2c(F)cccc2F)=Nc2ccccc21. The first-order valence-corrected chi connectivity index (χ1v) is 8.98. The number of para-hydroxylation sites is 2. The maximum absolute atomic E-state index is 14.7. The van der Waals surface area contributed by atoms with Gasteiger partial charge in [0.25, 0.3) is 5.84 Å². The van der Waals surface area contributed by atoms with Crippen LogP contribution in [0.25, 0.3) is 0 Å². The summed E-state index contributed by atoms with van der Waals surface area (Å²) >= 11 is 0. The first-order valence-electron chi connectivity index (χ1n) is 8.98. The van der Waals surface area contributed by atoms with Gasteiger partial charge in [0.15, 0.2) is 5.69 Å². The highest BCUT2D eigenvalue weighted by molar-refractivity contribution is 6.12. The summed E-state index contributed by atoms with van der Waals surface area (Å²) in [5.41, 5.74) is 0.532. The molecule has 7 heteroatoms. The van der Waals surface area contributed by atoms with E-state index in [1.807, 2.05) is 0 Å². The summed E-state index contributed by atoms with van der Waals surface area (Å²) in [6, 6.07) is 14.1. The summed E-state index contributed by atoms with van der Waals surface area (Å²) in [6.07, 6.45) is 0. The molecule has 0 bridgehead atoms. The molecule has 1 atom stereocenters. The molecule has 0 N–H and O–H groups in total. The zero-order valence-electron chi connectivity index (χ0n) is 15.8. The Morgan fingerprint density at radius 3 is 1.90 bits per heavy atom. The molecule has 0 fully saturated rings. The van der Waals surface area contributed by atoms with E-state index in [2.05, 4.69) is 4.99 Å². The van der Waals surface area contributed by atoms with Crippen molar-refractivity contribution >= 4 is 17.2 Å². The van der Waals surface area contributed by atoms with Crippen LogP contribution in [0.2, 0.25) is 0 Å². The van der Waals surface area contributed by atoms with Crippen LogP contribution < -0.4 is 4.59 Å². The second kappa shape index (κ2) is 7.09. The molecule has 0 spiro atoms. The van der Waals surface area contributed by atoms with Crippen molar-refractivity contribution in [2.24, 2.45) is 4.99 Å². The van der Waals surface area contributed by atoms with Gasteiger partial charge in [-0.3, -0.25) is 0 Å². The van der Waals surface area contributed by atoms with Gasteiger partial charge in [0.2, 0.25) is 0 Å². The van der Waals surface area contributed by atoms with Crippen molar-refractivity contribution in [3.05, 3.63) is 95.1 Å². The summed E-state index contributed by atoms with van der Waals surface area (Å²) in [4.78, 5) is 4.50. The number of halogens is 4. The third-order valence-corrected chi connectivity index (χ3v) is 5.17. The minimum Gasteiger partial charge on any atom is -0.206 e. The van der Waals surface area contributed by atoms with Crippen molar-refractivity contribution in [1.29, 1.82) is 0 Å². The number of benzene rings is 3. The standard InChI is InChI=1S/C22H18F4N3/c1-28(2)29(13-14-15(23)7-5-8-16(14)24)20-12-4-3-11-19(20)27-22(29)21-17(25)9-6-10-18(21)26/h3-12H,13H2,1-2H3/q+1. The molecule has 0 amide bonds. The van der Waals surface area contributed by atoms with Crippen LogP contribution in [0, 0.1) is 23.3 Å². The van der Waals surface area contributed by atoms with Crippen molar-refractivity contribution in [3.8, 4) is 0 Å². The summed E-state index contributed by atoms with van der Waals surface area (Å²) in [5.74, 6) is -3.04. The summed E-state index contributed by atoms with van der Waals surface area (Å²) in [7, 11) is 3.35. The molecule has 1 heterocycles. The number of rotatable bonds is 4. The zero-order valence-corrected chi connectivity index (χ0v) is 15.8. The quantitative estimate of drug-likeness (QED) is 0.428. The molecule has 4 rings (SSSR count). The molecule has 148 valence electrons. The molecule has 0 saturated carbocycles. The maximum atomic E-state index is 14.7. The lowest BCUT2D eigenvalue weighted by atomic mass is 10.1. The van der Waals surface area contributed by atoms with E-state index in [4.69, 9.17) is 0 Å². The fourth-order valence-corrected chi connectivity index (χ4v) is 3.75. The fourth-order valence-electron chi connectivity index (χ4n) is 3.75. The summed E-state index contributed by atoms with van der Waals surface area (Å²) in [6.45, 7) is -0.241. The van der Waals surface area contributed by atoms with Gasteiger partial charge in [-0.25, -0.2) is 17.6 Å². The van der Waals surface area contributed by atoms with Gasteiger partial charge in [0.05, 0.1) is 5.56 Å². The lowest BCUT2D eigenvalue weighted by Gasteiger charge is -2.39. The molecule has 3 aromatic rings. The number of hydrogen-bond acceptors (Lipinski definition) is 2. The van der Waals surface area contributed by atoms with Crippen molar-refractivity contribution in [3.63, 3.8) is 0 Å². The molecule has 3 aromatic carbocycles. The summed E-state index contributed by atoms with van der Waals surface area (Å²) < 4.78 is 58.2. The van der Waals surface area contributed by atoms with Crippen LogP contribution in [0.4, 0.5) is 28.9 Å². The molecule has 0 aliphatic carbocycles. The monoisotopic (exact) mass is 400 g/mol.